The highest BCUT2D eigenvalue weighted by Crippen LogP contribution is 2.16. The fourth-order valence-electron chi connectivity index (χ4n) is 2.28. The van der Waals surface area contributed by atoms with Gasteiger partial charge in [0.2, 0.25) is 0 Å². The quantitative estimate of drug-likeness (QED) is 0.650. The SMILES string of the molecule is O=C(NCCNc1cnn(-c2ccccc2)c(=O)c1Cl)c1cccnc1. The molecule has 0 aliphatic rings. The van der Waals surface area contributed by atoms with Crippen molar-refractivity contribution >= 4 is 23.2 Å². The number of pyridine rings is 1. The van der Waals surface area contributed by atoms with Crippen molar-refractivity contribution in [3.8, 4) is 5.69 Å². The van der Waals surface area contributed by atoms with Gasteiger partial charge >= 0.3 is 0 Å². The van der Waals surface area contributed by atoms with Crippen molar-refractivity contribution < 1.29 is 4.79 Å². The van der Waals surface area contributed by atoms with E-state index in [1.54, 1.807) is 30.5 Å². The predicted molar refractivity (Wildman–Crippen MR) is 99.9 cm³/mol. The lowest BCUT2D eigenvalue weighted by Crippen LogP contribution is -2.29. The molecule has 2 N–H and O–H groups in total. The Morgan fingerprint density at radius 2 is 1.88 bits per heavy atom. The molecule has 26 heavy (non-hydrogen) atoms. The van der Waals surface area contributed by atoms with Crippen LogP contribution in [0.1, 0.15) is 10.4 Å². The van der Waals surface area contributed by atoms with Gasteiger partial charge in [-0.3, -0.25) is 14.6 Å². The molecule has 3 aromatic rings. The Hall–Kier alpha value is -3.19. The zero-order valence-corrected chi connectivity index (χ0v) is 14.5. The molecule has 0 aliphatic carbocycles. The molecule has 2 heterocycles. The number of benzene rings is 1. The smallest absolute Gasteiger partial charge is 0.292 e. The summed E-state index contributed by atoms with van der Waals surface area (Å²) in [5.74, 6) is -0.219. The number of carbonyl (C=O) groups is 1. The number of para-hydroxylation sites is 1. The molecule has 1 amide bonds. The lowest BCUT2D eigenvalue weighted by molar-refractivity contribution is 0.0955. The minimum absolute atomic E-state index is 0.0439. The van der Waals surface area contributed by atoms with E-state index in [-0.39, 0.29) is 10.9 Å². The third-order valence-corrected chi connectivity index (χ3v) is 3.93. The van der Waals surface area contributed by atoms with E-state index in [9.17, 15) is 9.59 Å². The lowest BCUT2D eigenvalue weighted by atomic mass is 10.3. The largest absolute Gasteiger partial charge is 0.381 e. The number of halogens is 1. The minimum Gasteiger partial charge on any atom is -0.381 e. The molecule has 7 nitrogen and oxygen atoms in total. The molecule has 0 radical (unpaired) electrons. The highest BCUT2D eigenvalue weighted by molar-refractivity contribution is 6.32. The zero-order chi connectivity index (χ0) is 18.4. The number of amides is 1. The van der Waals surface area contributed by atoms with Crippen molar-refractivity contribution in [3.63, 3.8) is 0 Å². The summed E-state index contributed by atoms with van der Waals surface area (Å²) in [6, 6.07) is 12.4. The van der Waals surface area contributed by atoms with Crippen LogP contribution in [0.25, 0.3) is 5.69 Å². The molecule has 3 rings (SSSR count). The van der Waals surface area contributed by atoms with Crippen molar-refractivity contribution in [2.24, 2.45) is 0 Å². The molecule has 0 saturated heterocycles. The standard InChI is InChI=1S/C18H16ClN5O2/c19-16-15(12-23-24(18(16)26)14-6-2-1-3-7-14)21-9-10-22-17(25)13-5-4-8-20-11-13/h1-8,11-12,21H,9-10H2,(H,22,25). The normalized spacial score (nSPS) is 10.3. The number of carbonyl (C=O) groups excluding carboxylic acids is 1. The van der Waals surface area contributed by atoms with Gasteiger partial charge in [0.05, 0.1) is 23.1 Å². The molecular formula is C18H16ClN5O2. The number of hydrogen-bond acceptors (Lipinski definition) is 5. The number of aromatic nitrogens is 3. The maximum atomic E-state index is 12.4. The van der Waals surface area contributed by atoms with Crippen molar-refractivity contribution in [2.45, 2.75) is 0 Å². The zero-order valence-electron chi connectivity index (χ0n) is 13.7. The topological polar surface area (TPSA) is 88.9 Å². The minimum atomic E-state index is -0.415. The van der Waals surface area contributed by atoms with E-state index in [0.717, 1.165) is 0 Å². The Kier molecular flexibility index (Phi) is 5.60. The molecule has 0 fully saturated rings. The third-order valence-electron chi connectivity index (χ3n) is 3.57. The molecule has 0 bridgehead atoms. The molecule has 132 valence electrons. The third kappa shape index (κ3) is 4.07. The second-order valence-corrected chi connectivity index (χ2v) is 5.73. The van der Waals surface area contributed by atoms with Gasteiger partial charge in [0.15, 0.2) is 0 Å². The summed E-state index contributed by atoms with van der Waals surface area (Å²) < 4.78 is 1.23. The number of nitrogens with zero attached hydrogens (tertiary/aromatic N) is 3. The van der Waals surface area contributed by atoms with E-state index in [4.69, 9.17) is 11.6 Å². The Bertz CT molecular complexity index is 945. The number of anilines is 1. The first kappa shape index (κ1) is 17.6. The van der Waals surface area contributed by atoms with Crippen molar-refractivity contribution in [1.82, 2.24) is 20.1 Å². The number of rotatable bonds is 6. The van der Waals surface area contributed by atoms with Crippen LogP contribution in [0.15, 0.2) is 65.8 Å². The van der Waals surface area contributed by atoms with E-state index in [1.807, 2.05) is 18.2 Å². The summed E-state index contributed by atoms with van der Waals surface area (Å²) in [7, 11) is 0. The summed E-state index contributed by atoms with van der Waals surface area (Å²) >= 11 is 6.15. The molecule has 0 saturated carbocycles. The van der Waals surface area contributed by atoms with Gasteiger partial charge in [0, 0.05) is 25.5 Å². The van der Waals surface area contributed by atoms with Crippen LogP contribution >= 0.6 is 11.6 Å². The van der Waals surface area contributed by atoms with Gasteiger partial charge in [-0.15, -0.1) is 0 Å². The average Bonchev–Trinajstić information content (AvgIpc) is 2.69. The molecule has 0 unspecified atom stereocenters. The Balaban J connectivity index is 1.60. The van der Waals surface area contributed by atoms with Gasteiger partial charge in [-0.1, -0.05) is 29.8 Å². The van der Waals surface area contributed by atoms with Crippen LogP contribution < -0.4 is 16.2 Å². The summed E-state index contributed by atoms with van der Waals surface area (Å²) in [4.78, 5) is 28.2. The second-order valence-electron chi connectivity index (χ2n) is 5.35. The van der Waals surface area contributed by atoms with Gasteiger partial charge in [-0.25, -0.2) is 0 Å². The van der Waals surface area contributed by atoms with Crippen molar-refractivity contribution in [3.05, 3.63) is 82.0 Å². The first-order valence-electron chi connectivity index (χ1n) is 7.92. The summed E-state index contributed by atoms with van der Waals surface area (Å²) in [5, 5.41) is 9.93. The molecule has 0 atom stereocenters. The van der Waals surface area contributed by atoms with Gasteiger partial charge in [-0.2, -0.15) is 9.78 Å². The molecule has 2 aromatic heterocycles. The van der Waals surface area contributed by atoms with Gasteiger partial charge in [-0.05, 0) is 24.3 Å². The summed E-state index contributed by atoms with van der Waals surface area (Å²) in [5.41, 5.74) is 1.12. The van der Waals surface area contributed by atoms with E-state index >= 15 is 0 Å². The van der Waals surface area contributed by atoms with Gasteiger partial charge in [0.1, 0.15) is 5.02 Å². The van der Waals surface area contributed by atoms with Crippen LogP contribution in [-0.4, -0.2) is 33.8 Å². The van der Waals surface area contributed by atoms with Crippen molar-refractivity contribution in [1.29, 1.82) is 0 Å². The van der Waals surface area contributed by atoms with Crippen LogP contribution in [0, 0.1) is 0 Å². The van der Waals surface area contributed by atoms with Crippen LogP contribution in [0.2, 0.25) is 5.02 Å². The monoisotopic (exact) mass is 369 g/mol. The average molecular weight is 370 g/mol. The predicted octanol–water partition coefficient (Wildman–Crippen LogP) is 2.12. The Morgan fingerprint density at radius 3 is 2.62 bits per heavy atom. The van der Waals surface area contributed by atoms with E-state index in [1.165, 1.54) is 17.1 Å². The second kappa shape index (κ2) is 8.26. The van der Waals surface area contributed by atoms with E-state index < -0.39 is 5.56 Å². The van der Waals surface area contributed by atoms with Crippen LogP contribution in [0.3, 0.4) is 0 Å². The maximum Gasteiger partial charge on any atom is 0.292 e. The molecule has 8 heteroatoms. The summed E-state index contributed by atoms with van der Waals surface area (Å²) in [6.07, 6.45) is 4.58. The maximum absolute atomic E-state index is 12.4. The van der Waals surface area contributed by atoms with E-state index in [2.05, 4.69) is 20.7 Å². The first-order valence-corrected chi connectivity index (χ1v) is 8.30. The molecule has 0 spiro atoms. The number of nitrogens with one attached hydrogen (secondary N) is 2. The highest BCUT2D eigenvalue weighted by Gasteiger charge is 2.10. The summed E-state index contributed by atoms with van der Waals surface area (Å²) in [6.45, 7) is 0.744. The number of hydrogen-bond donors (Lipinski definition) is 2. The first-order chi connectivity index (χ1) is 12.7. The Labute approximate surface area is 154 Å². The molecular weight excluding hydrogens is 354 g/mol. The molecule has 0 aliphatic heterocycles. The van der Waals surface area contributed by atoms with Crippen LogP contribution in [0.4, 0.5) is 5.69 Å². The fraction of sp³-hybridized carbons (Fsp3) is 0.111. The lowest BCUT2D eigenvalue weighted by Gasteiger charge is -2.11. The van der Waals surface area contributed by atoms with Gasteiger partial charge < -0.3 is 10.6 Å². The van der Waals surface area contributed by atoms with Crippen LogP contribution in [-0.2, 0) is 0 Å². The van der Waals surface area contributed by atoms with Crippen molar-refractivity contribution in [2.75, 3.05) is 18.4 Å². The molecule has 1 aromatic carbocycles. The fourth-order valence-corrected chi connectivity index (χ4v) is 2.48. The van der Waals surface area contributed by atoms with E-state index in [0.29, 0.717) is 30.0 Å². The van der Waals surface area contributed by atoms with Gasteiger partial charge in [0.25, 0.3) is 11.5 Å². The Morgan fingerprint density at radius 1 is 1.08 bits per heavy atom. The van der Waals surface area contributed by atoms with Crippen LogP contribution in [0.5, 0.6) is 0 Å². The highest BCUT2D eigenvalue weighted by atomic mass is 35.5.